The third kappa shape index (κ3) is 5.08. The number of aromatic nitrogens is 3. The molecule has 0 radical (unpaired) electrons. The summed E-state index contributed by atoms with van der Waals surface area (Å²) in [7, 11) is 0. The molecule has 164 valence electrons. The van der Waals surface area contributed by atoms with Crippen LogP contribution in [0.15, 0.2) is 52.9 Å². The highest BCUT2D eigenvalue weighted by Gasteiger charge is 2.30. The van der Waals surface area contributed by atoms with Crippen molar-refractivity contribution in [2.45, 2.75) is 30.0 Å². The van der Waals surface area contributed by atoms with E-state index in [9.17, 15) is 0 Å². The first-order chi connectivity index (χ1) is 15.7. The number of aliphatic hydroxyl groups excluding tert-OH is 1. The zero-order valence-electron chi connectivity index (χ0n) is 17.3. The highest BCUT2D eigenvalue weighted by atomic mass is 32.2. The Morgan fingerprint density at radius 2 is 2.25 bits per heavy atom. The van der Waals surface area contributed by atoms with Crippen LogP contribution in [0.3, 0.4) is 0 Å². The molecule has 0 spiro atoms. The number of H-pyrrole nitrogens is 1. The SMILES string of the molecule is N#Cc1ccnc(SNC2CC(Nc3c(/C(N)=C/C=NCCO)cnc4[nH]ccc34)C2)c1. The third-order valence-electron chi connectivity index (χ3n) is 5.17. The smallest absolute Gasteiger partial charge is 0.139 e. The highest BCUT2D eigenvalue weighted by molar-refractivity contribution is 7.97. The number of aromatic amines is 1. The standard InChI is InChI=1S/C22H24N8OS/c23-12-14-1-5-26-20(9-14)32-30-16-10-15(11-16)29-21-17-2-6-27-22(17)28-13-18(21)19(24)3-4-25-7-8-31/h1-6,9,13,15-16,30-31H,7-8,10-11,24H2,(H2,27,28,29)/b19-3-,25-4?. The van der Waals surface area contributed by atoms with Gasteiger partial charge in [0.2, 0.25) is 0 Å². The minimum absolute atomic E-state index is 0.00288. The lowest BCUT2D eigenvalue weighted by molar-refractivity contribution is 0.307. The number of hydrogen-bond acceptors (Lipinski definition) is 9. The van der Waals surface area contributed by atoms with E-state index in [0.29, 0.717) is 29.9 Å². The Morgan fingerprint density at radius 1 is 1.38 bits per heavy atom. The summed E-state index contributed by atoms with van der Waals surface area (Å²) in [6.45, 7) is 0.345. The molecule has 0 saturated heterocycles. The summed E-state index contributed by atoms with van der Waals surface area (Å²) >= 11 is 1.45. The number of allylic oxidation sites excluding steroid dienone is 1. The van der Waals surface area contributed by atoms with Crippen LogP contribution in [0.4, 0.5) is 5.69 Å². The van der Waals surface area contributed by atoms with Crippen LogP contribution in [-0.2, 0) is 0 Å². The Bertz CT molecular complexity index is 1180. The van der Waals surface area contributed by atoms with Gasteiger partial charge in [-0.15, -0.1) is 0 Å². The fourth-order valence-corrected chi connectivity index (χ4v) is 4.23. The van der Waals surface area contributed by atoms with E-state index in [2.05, 4.69) is 36.1 Å². The Morgan fingerprint density at radius 3 is 3.06 bits per heavy atom. The second-order valence-corrected chi connectivity index (χ2v) is 8.27. The summed E-state index contributed by atoms with van der Waals surface area (Å²) in [5.41, 5.74) is 10.0. The highest BCUT2D eigenvalue weighted by Crippen LogP contribution is 2.33. The van der Waals surface area contributed by atoms with E-state index in [1.165, 1.54) is 11.9 Å². The molecule has 0 atom stereocenters. The molecule has 0 bridgehead atoms. The normalized spacial score (nSPS) is 18.6. The van der Waals surface area contributed by atoms with E-state index in [1.54, 1.807) is 36.8 Å². The fraction of sp³-hybridized carbons (Fsp3) is 0.273. The van der Waals surface area contributed by atoms with Crippen molar-refractivity contribution in [3.8, 4) is 6.07 Å². The minimum atomic E-state index is 0.00288. The van der Waals surface area contributed by atoms with Gasteiger partial charge in [-0.1, -0.05) is 0 Å². The molecule has 0 aliphatic heterocycles. The monoisotopic (exact) mass is 448 g/mol. The molecule has 9 nitrogen and oxygen atoms in total. The molecule has 32 heavy (non-hydrogen) atoms. The van der Waals surface area contributed by atoms with Gasteiger partial charge in [0, 0.05) is 53.5 Å². The van der Waals surface area contributed by atoms with E-state index < -0.39 is 0 Å². The number of aliphatic imine (C=N–C) groups is 1. The molecule has 3 heterocycles. The first-order valence-corrected chi connectivity index (χ1v) is 11.1. The Labute approximate surface area is 190 Å². The number of rotatable bonds is 9. The van der Waals surface area contributed by atoms with Crippen LogP contribution < -0.4 is 15.8 Å². The van der Waals surface area contributed by atoms with Gasteiger partial charge in [-0.05, 0) is 49.1 Å². The van der Waals surface area contributed by atoms with Crippen LogP contribution in [0.1, 0.15) is 24.0 Å². The van der Waals surface area contributed by atoms with Gasteiger partial charge in [0.15, 0.2) is 0 Å². The van der Waals surface area contributed by atoms with Crippen molar-refractivity contribution in [1.82, 2.24) is 19.7 Å². The summed E-state index contributed by atoms with van der Waals surface area (Å²) in [6, 6.07) is 8.22. The molecule has 3 aromatic heterocycles. The van der Waals surface area contributed by atoms with Gasteiger partial charge < -0.3 is 21.1 Å². The zero-order chi connectivity index (χ0) is 22.3. The van der Waals surface area contributed by atoms with Gasteiger partial charge >= 0.3 is 0 Å². The third-order valence-corrected chi connectivity index (χ3v) is 6.05. The lowest BCUT2D eigenvalue weighted by Gasteiger charge is -2.37. The summed E-state index contributed by atoms with van der Waals surface area (Å²) < 4.78 is 3.42. The number of aliphatic hydroxyl groups is 1. The summed E-state index contributed by atoms with van der Waals surface area (Å²) in [5.74, 6) is 0. The largest absolute Gasteiger partial charge is 0.398 e. The van der Waals surface area contributed by atoms with Gasteiger partial charge in [0.1, 0.15) is 10.7 Å². The maximum absolute atomic E-state index is 9.01. The number of nitrogens with two attached hydrogens (primary N) is 1. The van der Waals surface area contributed by atoms with Gasteiger partial charge in [-0.2, -0.15) is 5.26 Å². The minimum Gasteiger partial charge on any atom is -0.398 e. The van der Waals surface area contributed by atoms with E-state index in [4.69, 9.17) is 16.1 Å². The van der Waals surface area contributed by atoms with Crippen molar-refractivity contribution < 1.29 is 5.11 Å². The van der Waals surface area contributed by atoms with Crippen molar-refractivity contribution in [1.29, 1.82) is 5.26 Å². The van der Waals surface area contributed by atoms with Crippen LogP contribution in [-0.4, -0.2) is 51.5 Å². The van der Waals surface area contributed by atoms with Gasteiger partial charge in [-0.25, -0.2) is 9.97 Å². The van der Waals surface area contributed by atoms with E-state index >= 15 is 0 Å². The zero-order valence-corrected chi connectivity index (χ0v) is 18.1. The molecule has 3 aromatic rings. The Hall–Kier alpha value is -3.39. The second kappa shape index (κ2) is 10.3. The Balaban J connectivity index is 1.41. The van der Waals surface area contributed by atoms with E-state index in [0.717, 1.165) is 40.2 Å². The molecule has 0 aromatic carbocycles. The van der Waals surface area contributed by atoms with Crippen molar-refractivity contribution in [3.63, 3.8) is 0 Å². The molecular weight excluding hydrogens is 424 g/mol. The average molecular weight is 449 g/mol. The number of nitrogens with zero attached hydrogens (tertiary/aromatic N) is 4. The molecule has 10 heteroatoms. The second-order valence-electron chi connectivity index (χ2n) is 7.41. The summed E-state index contributed by atoms with van der Waals surface area (Å²) in [5, 5.41) is 23.3. The lowest BCUT2D eigenvalue weighted by atomic mass is 9.87. The van der Waals surface area contributed by atoms with Crippen LogP contribution in [0.5, 0.6) is 0 Å². The number of anilines is 1. The predicted octanol–water partition coefficient (Wildman–Crippen LogP) is 2.43. The topological polar surface area (TPSA) is 148 Å². The van der Waals surface area contributed by atoms with Crippen molar-refractivity contribution in [2.24, 2.45) is 10.7 Å². The van der Waals surface area contributed by atoms with Gasteiger partial charge in [0.05, 0.1) is 30.5 Å². The Kier molecular flexibility index (Phi) is 7.01. The van der Waals surface area contributed by atoms with Crippen LogP contribution in [0.2, 0.25) is 0 Å². The number of nitrogens with one attached hydrogen (secondary N) is 3. The summed E-state index contributed by atoms with van der Waals surface area (Å²) in [6.07, 6.45) is 10.5. The molecule has 0 amide bonds. The van der Waals surface area contributed by atoms with Crippen molar-refractivity contribution in [3.05, 3.63) is 54.0 Å². The molecule has 4 rings (SSSR count). The molecular formula is C22H24N8OS. The van der Waals surface area contributed by atoms with Crippen molar-refractivity contribution >= 4 is 40.6 Å². The van der Waals surface area contributed by atoms with E-state index in [1.807, 2.05) is 12.3 Å². The number of hydrogen-bond donors (Lipinski definition) is 5. The average Bonchev–Trinajstić information content (AvgIpc) is 3.27. The van der Waals surface area contributed by atoms with Crippen LogP contribution in [0, 0.1) is 11.3 Å². The first-order valence-electron chi connectivity index (χ1n) is 10.3. The first kappa shape index (κ1) is 21.8. The molecule has 0 unspecified atom stereocenters. The molecule has 1 fully saturated rings. The number of pyridine rings is 2. The summed E-state index contributed by atoms with van der Waals surface area (Å²) in [4.78, 5) is 16.0. The van der Waals surface area contributed by atoms with Crippen LogP contribution in [0.25, 0.3) is 16.7 Å². The van der Waals surface area contributed by atoms with Gasteiger partial charge in [-0.3, -0.25) is 9.71 Å². The number of nitriles is 1. The molecule has 1 aliphatic carbocycles. The quantitative estimate of drug-likeness (QED) is 0.248. The maximum Gasteiger partial charge on any atom is 0.139 e. The predicted molar refractivity (Wildman–Crippen MR) is 127 cm³/mol. The fourth-order valence-electron chi connectivity index (χ4n) is 3.45. The number of fused-ring (bicyclic) bond motifs is 1. The lowest BCUT2D eigenvalue weighted by Crippen LogP contribution is -2.45. The molecule has 1 aliphatic rings. The van der Waals surface area contributed by atoms with Crippen LogP contribution >= 0.6 is 11.9 Å². The molecule has 6 N–H and O–H groups in total. The van der Waals surface area contributed by atoms with Gasteiger partial charge in [0.25, 0.3) is 0 Å². The van der Waals surface area contributed by atoms with E-state index in [-0.39, 0.29) is 6.61 Å². The maximum atomic E-state index is 9.01. The molecule has 1 saturated carbocycles. The van der Waals surface area contributed by atoms with Crippen molar-refractivity contribution in [2.75, 3.05) is 18.5 Å².